The summed E-state index contributed by atoms with van der Waals surface area (Å²) >= 11 is 3.53. The van der Waals surface area contributed by atoms with Crippen LogP contribution in [0.1, 0.15) is 42.8 Å². The van der Waals surface area contributed by atoms with Gasteiger partial charge in [0.05, 0.1) is 11.2 Å². The second-order valence-electron chi connectivity index (χ2n) is 8.55. The monoisotopic (exact) mass is 418 g/mol. The molecule has 4 aromatic rings. The van der Waals surface area contributed by atoms with Crippen LogP contribution in [-0.4, -0.2) is 9.97 Å². The van der Waals surface area contributed by atoms with Crippen LogP contribution in [0.4, 0.5) is 0 Å². The number of para-hydroxylation sites is 1. The van der Waals surface area contributed by atoms with Gasteiger partial charge >= 0.3 is 0 Å². The normalized spacial score (nSPS) is 16.0. The highest BCUT2D eigenvalue weighted by molar-refractivity contribution is 9.10. The van der Waals surface area contributed by atoms with Crippen LogP contribution in [0, 0.1) is 5.41 Å². The Morgan fingerprint density at radius 2 is 1.85 bits per heavy atom. The second-order valence-corrected chi connectivity index (χ2v) is 9.46. The van der Waals surface area contributed by atoms with E-state index < -0.39 is 0 Å². The number of halogens is 1. The number of nitrogens with zero attached hydrogens (tertiary/aromatic N) is 1. The first kappa shape index (κ1) is 17.0. The molecule has 5 rings (SSSR count). The molecule has 0 amide bonds. The summed E-state index contributed by atoms with van der Waals surface area (Å²) in [4.78, 5) is 8.88. The molecule has 136 valence electrons. The van der Waals surface area contributed by atoms with E-state index in [2.05, 4.69) is 83.3 Å². The van der Waals surface area contributed by atoms with Crippen LogP contribution in [-0.2, 0) is 19.3 Å². The molecule has 1 aliphatic carbocycles. The Bertz CT molecular complexity index is 1150. The fourth-order valence-electron chi connectivity index (χ4n) is 4.45. The summed E-state index contributed by atoms with van der Waals surface area (Å²) < 4.78 is 1.11. The Kier molecular flexibility index (Phi) is 3.90. The fraction of sp³-hybridized carbons (Fsp3) is 0.292. The predicted molar refractivity (Wildman–Crippen MR) is 116 cm³/mol. The smallest absolute Gasteiger partial charge is 0.0691 e. The highest BCUT2D eigenvalue weighted by Crippen LogP contribution is 2.40. The second kappa shape index (κ2) is 6.20. The van der Waals surface area contributed by atoms with Crippen LogP contribution in [0.25, 0.3) is 21.8 Å². The highest BCUT2D eigenvalue weighted by atomic mass is 79.9. The highest BCUT2D eigenvalue weighted by Gasteiger charge is 2.29. The number of nitrogens with one attached hydrogen (secondary N) is 1. The summed E-state index contributed by atoms with van der Waals surface area (Å²) in [6.07, 6.45) is 4.25. The summed E-state index contributed by atoms with van der Waals surface area (Å²) in [7, 11) is 0. The van der Waals surface area contributed by atoms with Crippen LogP contribution in [0.3, 0.4) is 0 Å². The van der Waals surface area contributed by atoms with E-state index in [1.165, 1.54) is 50.7 Å². The molecule has 0 saturated heterocycles. The third-order valence-corrected chi connectivity index (χ3v) is 6.43. The molecule has 0 atom stereocenters. The molecule has 2 aromatic carbocycles. The van der Waals surface area contributed by atoms with Gasteiger partial charge in [0, 0.05) is 32.9 Å². The lowest BCUT2D eigenvalue weighted by atomic mass is 9.75. The summed E-state index contributed by atoms with van der Waals surface area (Å²) in [5, 5.41) is 2.74. The number of benzene rings is 2. The summed E-state index contributed by atoms with van der Waals surface area (Å²) in [6, 6.07) is 17.3. The summed E-state index contributed by atoms with van der Waals surface area (Å²) in [5.74, 6) is 0. The number of aromatic amines is 1. The third kappa shape index (κ3) is 2.98. The molecule has 0 saturated carbocycles. The molecule has 2 nitrogen and oxygen atoms in total. The minimum atomic E-state index is 0.328. The zero-order chi connectivity index (χ0) is 18.6. The topological polar surface area (TPSA) is 28.7 Å². The van der Waals surface area contributed by atoms with Crippen molar-refractivity contribution in [2.75, 3.05) is 0 Å². The van der Waals surface area contributed by atoms with E-state index in [1.54, 1.807) is 0 Å². The Morgan fingerprint density at radius 1 is 1.07 bits per heavy atom. The first-order chi connectivity index (χ1) is 13.0. The van der Waals surface area contributed by atoms with Crippen molar-refractivity contribution in [3.8, 4) is 0 Å². The number of fused-ring (bicyclic) bond motifs is 5. The average molecular weight is 419 g/mol. The van der Waals surface area contributed by atoms with Gasteiger partial charge in [-0.1, -0.05) is 60.1 Å². The Hall–Kier alpha value is -2.13. The van der Waals surface area contributed by atoms with Crippen LogP contribution >= 0.6 is 15.9 Å². The van der Waals surface area contributed by atoms with Crippen molar-refractivity contribution in [2.24, 2.45) is 5.41 Å². The summed E-state index contributed by atoms with van der Waals surface area (Å²) in [6.45, 7) is 4.73. The number of hydrogen-bond donors (Lipinski definition) is 1. The number of pyridine rings is 1. The molecule has 0 bridgehead atoms. The first-order valence-corrected chi connectivity index (χ1v) is 10.4. The Morgan fingerprint density at radius 3 is 2.67 bits per heavy atom. The lowest BCUT2D eigenvalue weighted by molar-refractivity contribution is 0.311. The molecule has 0 aliphatic heterocycles. The number of H-pyrrole nitrogens is 1. The predicted octanol–water partition coefficient (Wildman–Crippen LogP) is 6.58. The van der Waals surface area contributed by atoms with Crippen molar-refractivity contribution < 1.29 is 0 Å². The van der Waals surface area contributed by atoms with Crippen LogP contribution in [0.2, 0.25) is 0 Å². The third-order valence-electron chi connectivity index (χ3n) is 5.90. The molecule has 27 heavy (non-hydrogen) atoms. The lowest BCUT2D eigenvalue weighted by Crippen LogP contribution is -2.24. The van der Waals surface area contributed by atoms with E-state index in [-0.39, 0.29) is 0 Å². The molecule has 2 aromatic heterocycles. The maximum absolute atomic E-state index is 5.21. The molecular weight excluding hydrogens is 396 g/mol. The summed E-state index contributed by atoms with van der Waals surface area (Å²) in [5.41, 5.74) is 7.98. The number of aromatic nitrogens is 2. The Labute approximate surface area is 168 Å². The largest absolute Gasteiger partial charge is 0.353 e. The lowest BCUT2D eigenvalue weighted by Gasteiger charge is -2.31. The van der Waals surface area contributed by atoms with Crippen molar-refractivity contribution >= 4 is 37.7 Å². The van der Waals surface area contributed by atoms with Crippen molar-refractivity contribution in [3.05, 3.63) is 75.5 Å². The van der Waals surface area contributed by atoms with E-state index >= 15 is 0 Å². The molecule has 0 fully saturated rings. The molecule has 0 unspecified atom stereocenters. The van der Waals surface area contributed by atoms with E-state index in [0.717, 1.165) is 23.7 Å². The van der Waals surface area contributed by atoms with Gasteiger partial charge in [-0.25, -0.2) is 0 Å². The minimum Gasteiger partial charge on any atom is -0.353 e. The number of aryl methyl sites for hydroxylation is 1. The zero-order valence-corrected chi connectivity index (χ0v) is 17.4. The fourth-order valence-corrected chi connectivity index (χ4v) is 4.71. The van der Waals surface area contributed by atoms with Gasteiger partial charge in [-0.15, -0.1) is 0 Å². The zero-order valence-electron chi connectivity index (χ0n) is 15.8. The maximum atomic E-state index is 5.21. The van der Waals surface area contributed by atoms with Gasteiger partial charge < -0.3 is 4.98 Å². The van der Waals surface area contributed by atoms with Crippen molar-refractivity contribution in [1.82, 2.24) is 9.97 Å². The molecular formula is C24H23BrN2. The SMILES string of the molecule is CC1(C)CCc2c(nc(Cc3ccc(Br)cc3)c3[nH]c4ccccc4c23)C1. The van der Waals surface area contributed by atoms with E-state index in [1.807, 2.05) is 0 Å². The minimum absolute atomic E-state index is 0.328. The van der Waals surface area contributed by atoms with E-state index in [9.17, 15) is 0 Å². The van der Waals surface area contributed by atoms with E-state index in [0.29, 0.717) is 5.41 Å². The molecule has 1 N–H and O–H groups in total. The van der Waals surface area contributed by atoms with Gasteiger partial charge in [-0.05, 0) is 54.0 Å². The van der Waals surface area contributed by atoms with Crippen molar-refractivity contribution in [1.29, 1.82) is 0 Å². The molecule has 1 aliphatic rings. The van der Waals surface area contributed by atoms with Gasteiger partial charge in [0.25, 0.3) is 0 Å². The average Bonchev–Trinajstić information content (AvgIpc) is 3.03. The standard InChI is InChI=1S/C24H23BrN2/c1-24(2)12-11-18-21(14-24)26-20(13-15-7-9-16(25)10-8-15)23-22(18)17-5-3-4-6-19(17)27-23/h3-10,27H,11-14H2,1-2H3. The maximum Gasteiger partial charge on any atom is 0.0691 e. The first-order valence-electron chi connectivity index (χ1n) is 9.66. The van der Waals surface area contributed by atoms with Gasteiger partial charge in [0.2, 0.25) is 0 Å². The van der Waals surface area contributed by atoms with Crippen LogP contribution < -0.4 is 0 Å². The number of hydrogen-bond acceptors (Lipinski definition) is 1. The van der Waals surface area contributed by atoms with Gasteiger partial charge in [-0.2, -0.15) is 0 Å². The van der Waals surface area contributed by atoms with E-state index in [4.69, 9.17) is 4.98 Å². The van der Waals surface area contributed by atoms with Crippen LogP contribution in [0.5, 0.6) is 0 Å². The van der Waals surface area contributed by atoms with Gasteiger partial charge in [0.1, 0.15) is 0 Å². The van der Waals surface area contributed by atoms with Gasteiger partial charge in [0.15, 0.2) is 0 Å². The molecule has 0 spiro atoms. The molecule has 3 heteroatoms. The molecule has 2 heterocycles. The van der Waals surface area contributed by atoms with Crippen molar-refractivity contribution in [2.45, 2.75) is 39.5 Å². The quantitative estimate of drug-likeness (QED) is 0.390. The van der Waals surface area contributed by atoms with Crippen LogP contribution in [0.15, 0.2) is 53.0 Å². The number of rotatable bonds is 2. The molecule has 0 radical (unpaired) electrons. The van der Waals surface area contributed by atoms with Gasteiger partial charge in [-0.3, -0.25) is 4.98 Å². The van der Waals surface area contributed by atoms with Crippen molar-refractivity contribution in [3.63, 3.8) is 0 Å². The Balaban J connectivity index is 1.75.